The summed E-state index contributed by atoms with van der Waals surface area (Å²) in [4.78, 5) is 0. The molecule has 8 heteroatoms. The molecule has 0 saturated heterocycles. The summed E-state index contributed by atoms with van der Waals surface area (Å²) in [5.41, 5.74) is -1.32. The summed E-state index contributed by atoms with van der Waals surface area (Å²) in [6.07, 6.45) is 0. The Kier molecular flexibility index (Phi) is 7.05. The first-order valence-electron chi connectivity index (χ1n) is 7.12. The van der Waals surface area contributed by atoms with Gasteiger partial charge in [0.05, 0.1) is 0 Å². The van der Waals surface area contributed by atoms with E-state index in [1.54, 1.807) is 0 Å². The fraction of sp³-hybridized carbons (Fsp3) is 0.294. The van der Waals surface area contributed by atoms with Crippen LogP contribution in [0.2, 0.25) is 0 Å². The predicted octanol–water partition coefficient (Wildman–Crippen LogP) is 5.65. The number of hydrogen-bond donors (Lipinski definition) is 1. The Balaban J connectivity index is 0.000000333. The molecule has 2 aromatic rings. The molecule has 3 nitrogen and oxygen atoms in total. The normalized spacial score (nSPS) is 12.3. The second-order valence-corrected chi connectivity index (χ2v) is 8.80. The molecule has 2 rings (SSSR count). The maximum absolute atomic E-state index is 10.7. The number of alkyl halides is 3. The average Bonchev–Trinajstić information content (AvgIpc) is 2.45. The minimum absolute atomic E-state index is 0.225. The number of halogens is 4. The summed E-state index contributed by atoms with van der Waals surface area (Å²) in [7, 11) is -5.84. The van der Waals surface area contributed by atoms with E-state index < -0.39 is 15.6 Å². The molecule has 0 radical (unpaired) electrons. The maximum Gasteiger partial charge on any atom is 0.522 e. The first kappa shape index (κ1) is 21.9. The molecule has 0 saturated carbocycles. The van der Waals surface area contributed by atoms with Crippen molar-refractivity contribution < 1.29 is 26.1 Å². The second kappa shape index (κ2) is 8.05. The van der Waals surface area contributed by atoms with E-state index in [9.17, 15) is 13.2 Å². The van der Waals surface area contributed by atoms with E-state index in [1.165, 1.54) is 20.3 Å². The highest BCUT2D eigenvalue weighted by Gasteiger charge is 2.44. The molecule has 25 heavy (non-hydrogen) atoms. The van der Waals surface area contributed by atoms with Crippen LogP contribution in [0.25, 0.3) is 11.1 Å². The van der Waals surface area contributed by atoms with Crippen LogP contribution in [0.1, 0.15) is 26.3 Å². The topological polar surface area (TPSA) is 54.4 Å². The third-order valence-electron chi connectivity index (χ3n) is 3.23. The fourth-order valence-corrected chi connectivity index (χ4v) is 2.54. The molecule has 0 atom stereocenters. The zero-order valence-corrected chi connectivity index (χ0v) is 16.8. The molecule has 0 aliphatic heterocycles. The van der Waals surface area contributed by atoms with E-state index in [0.717, 1.165) is 0 Å². The van der Waals surface area contributed by atoms with Crippen molar-refractivity contribution in [2.75, 3.05) is 0 Å². The number of hydrogen-bond acceptors (Lipinski definition) is 2. The van der Waals surface area contributed by atoms with Gasteiger partial charge in [-0.3, -0.25) is 4.55 Å². The van der Waals surface area contributed by atoms with Gasteiger partial charge in [-0.1, -0.05) is 63.2 Å². The van der Waals surface area contributed by atoms with Gasteiger partial charge in [-0.15, -0.1) is 0 Å². The van der Waals surface area contributed by atoms with Crippen molar-refractivity contribution in [2.24, 2.45) is 0 Å². The molecule has 0 unspecified atom stereocenters. The molecule has 2 aromatic carbocycles. The SMILES string of the molecule is CC(C)(C)c1ccc(-c2ccccc2I)cc1.O=S(=O)(O)C(F)(F)F. The van der Waals surface area contributed by atoms with Crippen LogP contribution >= 0.6 is 22.6 Å². The first-order chi connectivity index (χ1) is 11.2. The van der Waals surface area contributed by atoms with E-state index in [2.05, 4.69) is 91.9 Å². The Morgan fingerprint density at radius 2 is 1.36 bits per heavy atom. The van der Waals surface area contributed by atoms with E-state index in [1.807, 2.05) is 0 Å². The van der Waals surface area contributed by atoms with Crippen LogP contribution in [-0.4, -0.2) is 18.5 Å². The molecule has 0 spiro atoms. The third kappa shape index (κ3) is 6.59. The van der Waals surface area contributed by atoms with Crippen molar-refractivity contribution in [3.63, 3.8) is 0 Å². The average molecular weight is 486 g/mol. The van der Waals surface area contributed by atoms with E-state index in [4.69, 9.17) is 13.0 Å². The van der Waals surface area contributed by atoms with Crippen LogP contribution in [-0.2, 0) is 15.5 Å². The molecule has 0 aliphatic rings. The Hall–Kier alpha value is -1.13. The molecule has 0 bridgehead atoms. The summed E-state index contributed by atoms with van der Waals surface area (Å²) in [6, 6.07) is 17.4. The van der Waals surface area contributed by atoms with Crippen LogP contribution in [0.4, 0.5) is 13.2 Å². The largest absolute Gasteiger partial charge is 0.522 e. The minimum atomic E-state index is -5.84. The van der Waals surface area contributed by atoms with Crippen LogP contribution < -0.4 is 0 Å². The van der Waals surface area contributed by atoms with E-state index >= 15 is 0 Å². The zero-order valence-electron chi connectivity index (χ0n) is 13.8. The highest BCUT2D eigenvalue weighted by atomic mass is 127. The highest BCUT2D eigenvalue weighted by molar-refractivity contribution is 14.1. The highest BCUT2D eigenvalue weighted by Crippen LogP contribution is 2.28. The van der Waals surface area contributed by atoms with E-state index in [0.29, 0.717) is 0 Å². The Bertz CT molecular complexity index is 808. The summed E-state index contributed by atoms with van der Waals surface area (Å²) in [5, 5.41) is 0. The van der Waals surface area contributed by atoms with Gasteiger partial charge < -0.3 is 0 Å². The molecule has 0 amide bonds. The maximum atomic E-state index is 10.7. The van der Waals surface area contributed by atoms with Gasteiger partial charge in [0.15, 0.2) is 0 Å². The molecule has 0 aliphatic carbocycles. The van der Waals surface area contributed by atoms with Gasteiger partial charge in [0.25, 0.3) is 0 Å². The Labute approximate surface area is 159 Å². The Morgan fingerprint density at radius 3 is 1.72 bits per heavy atom. The lowest BCUT2D eigenvalue weighted by atomic mass is 9.86. The van der Waals surface area contributed by atoms with Gasteiger partial charge >= 0.3 is 15.6 Å². The van der Waals surface area contributed by atoms with Gasteiger partial charge in [-0.2, -0.15) is 21.6 Å². The van der Waals surface area contributed by atoms with Crippen LogP contribution in [0.15, 0.2) is 48.5 Å². The third-order valence-corrected chi connectivity index (χ3v) is 4.75. The number of rotatable bonds is 1. The Morgan fingerprint density at radius 1 is 0.920 bits per heavy atom. The lowest BCUT2D eigenvalue weighted by Crippen LogP contribution is -2.21. The molecule has 0 aromatic heterocycles. The minimum Gasteiger partial charge on any atom is -0.279 e. The van der Waals surface area contributed by atoms with Crippen molar-refractivity contribution in [3.8, 4) is 11.1 Å². The van der Waals surface area contributed by atoms with Crippen molar-refractivity contribution in [1.82, 2.24) is 0 Å². The van der Waals surface area contributed by atoms with Gasteiger partial charge in [0.1, 0.15) is 0 Å². The van der Waals surface area contributed by atoms with Crippen molar-refractivity contribution in [3.05, 3.63) is 57.7 Å². The second-order valence-electron chi connectivity index (χ2n) is 6.23. The van der Waals surface area contributed by atoms with Crippen LogP contribution in [0, 0.1) is 3.57 Å². The first-order valence-corrected chi connectivity index (χ1v) is 9.64. The molecular weight excluding hydrogens is 468 g/mol. The summed E-state index contributed by atoms with van der Waals surface area (Å²) in [6.45, 7) is 6.73. The molecule has 1 N–H and O–H groups in total. The van der Waals surface area contributed by atoms with Crippen LogP contribution in [0.3, 0.4) is 0 Å². The van der Waals surface area contributed by atoms with Gasteiger partial charge in [0.2, 0.25) is 0 Å². The van der Waals surface area contributed by atoms with Crippen molar-refractivity contribution >= 4 is 32.7 Å². The van der Waals surface area contributed by atoms with Gasteiger partial charge in [-0.25, -0.2) is 0 Å². The van der Waals surface area contributed by atoms with Crippen molar-refractivity contribution in [1.29, 1.82) is 0 Å². The fourth-order valence-electron chi connectivity index (χ4n) is 1.85. The summed E-state index contributed by atoms with van der Waals surface area (Å²) < 4.78 is 58.8. The predicted molar refractivity (Wildman–Crippen MR) is 101 cm³/mol. The standard InChI is InChI=1S/C16H17I.CHF3O3S/c1-16(2,3)13-10-8-12(9-11-13)14-6-4-5-7-15(14)17;2-1(3,4)8(5,6)7/h4-11H,1-3H3;(H,5,6,7). The molecular formula is C17H18F3IO3S. The molecule has 138 valence electrons. The van der Waals surface area contributed by atoms with Crippen LogP contribution in [0.5, 0.6) is 0 Å². The lowest BCUT2D eigenvalue weighted by Gasteiger charge is -2.19. The summed E-state index contributed by atoms with van der Waals surface area (Å²) in [5.74, 6) is 0. The quantitative estimate of drug-likeness (QED) is 0.322. The molecule has 0 fully saturated rings. The molecule has 0 heterocycles. The zero-order chi connectivity index (χ0) is 19.5. The summed E-state index contributed by atoms with van der Waals surface area (Å²) >= 11 is 2.39. The van der Waals surface area contributed by atoms with Gasteiger partial charge in [-0.05, 0) is 50.8 Å². The van der Waals surface area contributed by atoms with Gasteiger partial charge in [0, 0.05) is 3.57 Å². The van der Waals surface area contributed by atoms with E-state index in [-0.39, 0.29) is 5.41 Å². The monoisotopic (exact) mass is 486 g/mol. The lowest BCUT2D eigenvalue weighted by molar-refractivity contribution is -0.0510. The smallest absolute Gasteiger partial charge is 0.279 e. The number of benzene rings is 2. The van der Waals surface area contributed by atoms with Crippen molar-refractivity contribution in [2.45, 2.75) is 31.7 Å².